The van der Waals surface area contributed by atoms with Gasteiger partial charge in [0.25, 0.3) is 0 Å². The van der Waals surface area contributed by atoms with E-state index >= 15 is 0 Å². The summed E-state index contributed by atoms with van der Waals surface area (Å²) in [5.41, 5.74) is 0.149. The molecule has 0 spiro atoms. The van der Waals surface area contributed by atoms with Crippen LogP contribution >= 0.6 is 0 Å². The number of alkyl carbamates (subject to hydrolysis) is 1. The molecule has 0 fully saturated rings. The van der Waals surface area contributed by atoms with E-state index in [4.69, 9.17) is 23.7 Å². The maximum Gasteiger partial charge on any atom is 0.408 e. The minimum atomic E-state index is -1.18. The lowest BCUT2D eigenvalue weighted by Crippen LogP contribution is -2.59. The lowest BCUT2D eigenvalue weighted by molar-refractivity contribution is -0.165. The molecule has 63 heavy (non-hydrogen) atoms. The maximum atomic E-state index is 14.5. The standard InChI is InChI=1S/C51H91N3O9/c1-15-16-17-18-19-20-21-22-23-24-28-31-43(40(11)46(61-38(8)9)39(10)32-60-37(6)7)62-49(57)42(34-59-33-41-29-26-25-27-30-41)52-47(55)44(35(2)3)53-48(56)45(36(4)5)54-50(58)63-51(12,13)14/h25-27,29-30,35-40,42-46H,15-24,28,31-34H2,1-14H3,(H,52,55)(H,53,56)(H,54,58)/t39-,40-,42-,43+,44-,45-,46-/m0/s1. The highest BCUT2D eigenvalue weighted by Crippen LogP contribution is 2.28. The average Bonchev–Trinajstić information content (AvgIpc) is 3.20. The summed E-state index contributed by atoms with van der Waals surface area (Å²) < 4.78 is 30.6. The van der Waals surface area contributed by atoms with E-state index in [0.717, 1.165) is 24.8 Å². The molecule has 1 rings (SSSR count). The van der Waals surface area contributed by atoms with Gasteiger partial charge in [0.05, 0.1) is 38.1 Å². The largest absolute Gasteiger partial charge is 0.460 e. The van der Waals surface area contributed by atoms with E-state index in [1.54, 1.807) is 48.5 Å². The predicted octanol–water partition coefficient (Wildman–Crippen LogP) is 10.5. The number of carbonyl (C=O) groups excluding carboxylic acids is 4. The van der Waals surface area contributed by atoms with Crippen LogP contribution in [-0.2, 0) is 44.7 Å². The van der Waals surface area contributed by atoms with Gasteiger partial charge in [-0.15, -0.1) is 0 Å². The van der Waals surface area contributed by atoms with E-state index in [-0.39, 0.29) is 55.2 Å². The Hall–Kier alpha value is -3.22. The number of nitrogens with one attached hydrogen (secondary N) is 3. The highest BCUT2D eigenvalue weighted by atomic mass is 16.6. The number of hydrogen-bond acceptors (Lipinski definition) is 9. The van der Waals surface area contributed by atoms with Gasteiger partial charge in [-0.3, -0.25) is 9.59 Å². The van der Waals surface area contributed by atoms with Crippen molar-refractivity contribution in [3.8, 4) is 0 Å². The van der Waals surface area contributed by atoms with Crippen LogP contribution in [0, 0.1) is 23.7 Å². The number of ether oxygens (including phenoxy) is 5. The number of benzene rings is 1. The van der Waals surface area contributed by atoms with Crippen LogP contribution in [0.4, 0.5) is 4.79 Å². The summed E-state index contributed by atoms with van der Waals surface area (Å²) in [4.78, 5) is 55.1. The van der Waals surface area contributed by atoms with Crippen LogP contribution in [-0.4, -0.2) is 85.2 Å². The van der Waals surface area contributed by atoms with E-state index < -0.39 is 53.7 Å². The van der Waals surface area contributed by atoms with Crippen molar-refractivity contribution in [2.75, 3.05) is 13.2 Å². The van der Waals surface area contributed by atoms with Gasteiger partial charge in [0.15, 0.2) is 6.04 Å². The number of carbonyl (C=O) groups is 4. The van der Waals surface area contributed by atoms with Crippen molar-refractivity contribution in [2.45, 2.75) is 229 Å². The van der Waals surface area contributed by atoms with Crippen molar-refractivity contribution in [3.05, 3.63) is 35.9 Å². The molecule has 0 aliphatic carbocycles. The van der Waals surface area contributed by atoms with E-state index in [2.05, 4.69) is 36.7 Å². The van der Waals surface area contributed by atoms with E-state index in [1.165, 1.54) is 51.4 Å². The second-order valence-corrected chi connectivity index (χ2v) is 19.8. The Balaban J connectivity index is 3.38. The van der Waals surface area contributed by atoms with Crippen LogP contribution in [0.3, 0.4) is 0 Å². The third kappa shape index (κ3) is 25.8. The quantitative estimate of drug-likeness (QED) is 0.0463. The fraction of sp³-hybridized carbons (Fsp3) is 0.804. The van der Waals surface area contributed by atoms with Crippen molar-refractivity contribution >= 4 is 23.9 Å². The zero-order valence-corrected chi connectivity index (χ0v) is 42.0. The zero-order valence-electron chi connectivity index (χ0n) is 42.0. The lowest BCUT2D eigenvalue weighted by Gasteiger charge is -2.36. The lowest BCUT2D eigenvalue weighted by atomic mass is 9.86. The molecule has 0 saturated carbocycles. The molecule has 12 heteroatoms. The van der Waals surface area contributed by atoms with Crippen molar-refractivity contribution in [1.82, 2.24) is 16.0 Å². The first-order valence-corrected chi connectivity index (χ1v) is 24.4. The Morgan fingerprint density at radius 2 is 1.16 bits per heavy atom. The molecule has 3 N–H and O–H groups in total. The van der Waals surface area contributed by atoms with Crippen LogP contribution in [0.1, 0.15) is 180 Å². The van der Waals surface area contributed by atoms with Crippen LogP contribution in [0.15, 0.2) is 30.3 Å². The molecular weight excluding hydrogens is 799 g/mol. The Labute approximate surface area is 383 Å². The van der Waals surface area contributed by atoms with Gasteiger partial charge in [-0.25, -0.2) is 9.59 Å². The van der Waals surface area contributed by atoms with Crippen LogP contribution in [0.25, 0.3) is 0 Å². The van der Waals surface area contributed by atoms with Gasteiger partial charge in [0.1, 0.15) is 23.8 Å². The molecule has 0 unspecified atom stereocenters. The Morgan fingerprint density at radius 1 is 0.635 bits per heavy atom. The number of rotatable bonds is 33. The highest BCUT2D eigenvalue weighted by molar-refractivity contribution is 5.93. The van der Waals surface area contributed by atoms with Gasteiger partial charge in [-0.1, -0.05) is 143 Å². The monoisotopic (exact) mass is 890 g/mol. The number of unbranched alkanes of at least 4 members (excludes halogenated alkanes) is 10. The van der Waals surface area contributed by atoms with Gasteiger partial charge in [0, 0.05) is 11.8 Å². The van der Waals surface area contributed by atoms with E-state index in [0.29, 0.717) is 13.0 Å². The third-order valence-electron chi connectivity index (χ3n) is 11.0. The van der Waals surface area contributed by atoms with Gasteiger partial charge >= 0.3 is 12.1 Å². The molecule has 0 aromatic heterocycles. The molecule has 1 aromatic rings. The van der Waals surface area contributed by atoms with Crippen LogP contribution < -0.4 is 16.0 Å². The van der Waals surface area contributed by atoms with Crippen LogP contribution in [0.2, 0.25) is 0 Å². The summed E-state index contributed by atoms with van der Waals surface area (Å²) >= 11 is 0. The topological polar surface area (TPSA) is 151 Å². The SMILES string of the molecule is CCCCCCCCCCCCC[C@@H](OC(=O)[C@H](COCc1ccccc1)NC(=O)[C@@H](NC(=O)[C@@H](NC(=O)OC(C)(C)C)C(C)C)C(C)C)[C@H](C)[C@@H](OC(C)C)[C@@H](C)COC(C)C. The molecule has 0 bridgehead atoms. The first-order valence-electron chi connectivity index (χ1n) is 24.4. The molecule has 7 atom stereocenters. The highest BCUT2D eigenvalue weighted by Gasteiger charge is 2.37. The third-order valence-corrected chi connectivity index (χ3v) is 11.0. The first-order chi connectivity index (χ1) is 29.7. The second kappa shape index (κ2) is 31.6. The molecule has 0 heterocycles. The molecule has 3 amide bonds. The minimum absolute atomic E-state index is 0.0166. The van der Waals surface area contributed by atoms with Gasteiger partial charge < -0.3 is 39.6 Å². The Bertz CT molecular complexity index is 1400. The molecule has 0 saturated heterocycles. The Morgan fingerprint density at radius 3 is 1.67 bits per heavy atom. The van der Waals surface area contributed by atoms with E-state index in [9.17, 15) is 19.2 Å². The van der Waals surface area contributed by atoms with Crippen molar-refractivity contribution in [1.29, 1.82) is 0 Å². The molecule has 1 aromatic carbocycles. The molecular formula is C51H91N3O9. The summed E-state index contributed by atoms with van der Waals surface area (Å²) in [5, 5.41) is 8.38. The molecule has 364 valence electrons. The van der Waals surface area contributed by atoms with Crippen LogP contribution in [0.5, 0.6) is 0 Å². The normalized spacial score (nSPS) is 15.4. The number of amides is 3. The second-order valence-electron chi connectivity index (χ2n) is 19.8. The zero-order chi connectivity index (χ0) is 47.5. The van der Waals surface area contributed by atoms with E-state index in [1.807, 2.05) is 58.0 Å². The first kappa shape index (κ1) is 57.8. The molecule has 0 aliphatic rings. The fourth-order valence-electron chi connectivity index (χ4n) is 7.46. The molecule has 0 radical (unpaired) electrons. The smallest absolute Gasteiger partial charge is 0.408 e. The van der Waals surface area contributed by atoms with Gasteiger partial charge in [0.2, 0.25) is 11.8 Å². The maximum absolute atomic E-state index is 14.5. The minimum Gasteiger partial charge on any atom is -0.460 e. The Kier molecular flexibility index (Phi) is 29.0. The number of hydrogen-bond donors (Lipinski definition) is 3. The number of esters is 1. The van der Waals surface area contributed by atoms with Crippen molar-refractivity contribution in [3.63, 3.8) is 0 Å². The van der Waals surface area contributed by atoms with Gasteiger partial charge in [-0.2, -0.15) is 0 Å². The molecule has 0 aliphatic heterocycles. The van der Waals surface area contributed by atoms with Crippen molar-refractivity contribution < 1.29 is 42.9 Å². The summed E-state index contributed by atoms with van der Waals surface area (Å²) in [6, 6.07) is 6.39. The fourth-order valence-corrected chi connectivity index (χ4v) is 7.46. The van der Waals surface area contributed by atoms with Crippen molar-refractivity contribution in [2.24, 2.45) is 23.7 Å². The summed E-state index contributed by atoms with van der Waals surface area (Å²) in [6.07, 6.45) is 12.3. The average molecular weight is 890 g/mol. The molecule has 12 nitrogen and oxygen atoms in total. The predicted molar refractivity (Wildman–Crippen MR) is 253 cm³/mol. The summed E-state index contributed by atoms with van der Waals surface area (Å²) in [5.74, 6) is -2.60. The summed E-state index contributed by atoms with van der Waals surface area (Å²) in [6.45, 7) is 27.5. The summed E-state index contributed by atoms with van der Waals surface area (Å²) in [7, 11) is 0. The van der Waals surface area contributed by atoms with Gasteiger partial charge in [-0.05, 0) is 78.7 Å².